The first kappa shape index (κ1) is 19.9. The Labute approximate surface area is 141 Å². The van der Waals surface area contributed by atoms with E-state index in [2.05, 4.69) is 39.0 Å². The highest BCUT2D eigenvalue weighted by molar-refractivity contribution is 5.72. The van der Waals surface area contributed by atoms with Crippen LogP contribution in [-0.4, -0.2) is 25.8 Å². The largest absolute Gasteiger partial charge is 0.350 e. The number of carbonyl (C=O) groups excluding carboxylic acids is 1. The molecule has 0 amide bonds. The van der Waals surface area contributed by atoms with E-state index >= 15 is 0 Å². The number of allylic oxidation sites excluding steroid dienone is 6. The lowest BCUT2D eigenvalue weighted by atomic mass is 10.0. The maximum atomic E-state index is 11.1. The van der Waals surface area contributed by atoms with Crippen LogP contribution in [0.25, 0.3) is 0 Å². The Morgan fingerprint density at radius 3 is 2.30 bits per heavy atom. The zero-order valence-corrected chi connectivity index (χ0v) is 15.0. The summed E-state index contributed by atoms with van der Waals surface area (Å²) < 4.78 is 10.8. The second-order valence-corrected chi connectivity index (χ2v) is 6.41. The molecule has 130 valence electrons. The summed E-state index contributed by atoms with van der Waals surface area (Å²) in [4.78, 5) is 11.1. The topological polar surface area (TPSA) is 35.5 Å². The zero-order valence-electron chi connectivity index (χ0n) is 15.0. The summed E-state index contributed by atoms with van der Waals surface area (Å²) in [7, 11) is 0. The summed E-state index contributed by atoms with van der Waals surface area (Å²) in [5.74, 6) is 0. The van der Waals surface area contributed by atoms with Crippen LogP contribution in [0, 0.1) is 0 Å². The fourth-order valence-corrected chi connectivity index (χ4v) is 2.53. The van der Waals surface area contributed by atoms with E-state index in [0.717, 1.165) is 56.8 Å². The van der Waals surface area contributed by atoms with Gasteiger partial charge in [-0.2, -0.15) is 0 Å². The maximum Gasteiger partial charge on any atom is 0.157 e. The van der Waals surface area contributed by atoms with E-state index in [1.54, 1.807) is 0 Å². The third kappa shape index (κ3) is 10.2. The van der Waals surface area contributed by atoms with Crippen molar-refractivity contribution in [1.82, 2.24) is 0 Å². The van der Waals surface area contributed by atoms with Crippen molar-refractivity contribution in [3.8, 4) is 0 Å². The van der Waals surface area contributed by atoms with Crippen LogP contribution in [0.2, 0.25) is 0 Å². The van der Waals surface area contributed by atoms with Crippen LogP contribution in [0.15, 0.2) is 34.9 Å². The van der Waals surface area contributed by atoms with Crippen LogP contribution in [0.4, 0.5) is 0 Å². The number of unbranched alkanes of at least 4 members (excludes halogenated alkanes) is 1. The lowest BCUT2D eigenvalue weighted by molar-refractivity contribution is -0.105. The van der Waals surface area contributed by atoms with Crippen LogP contribution in [-0.2, 0) is 14.3 Å². The number of ether oxygens (including phenoxy) is 2. The molecule has 0 atom stereocenters. The van der Waals surface area contributed by atoms with E-state index in [0.29, 0.717) is 13.2 Å². The quantitative estimate of drug-likeness (QED) is 0.229. The van der Waals surface area contributed by atoms with Gasteiger partial charge in [-0.1, -0.05) is 29.4 Å². The zero-order chi connectivity index (χ0) is 16.9. The Morgan fingerprint density at radius 1 is 0.957 bits per heavy atom. The minimum absolute atomic E-state index is 0.0329. The van der Waals surface area contributed by atoms with Crippen LogP contribution >= 0.6 is 0 Å². The smallest absolute Gasteiger partial charge is 0.157 e. The molecule has 1 rings (SSSR count). The summed E-state index contributed by atoms with van der Waals surface area (Å²) in [6.45, 7) is 7.85. The Morgan fingerprint density at radius 2 is 1.65 bits per heavy atom. The second kappa shape index (κ2) is 12.3. The molecule has 1 fully saturated rings. The van der Waals surface area contributed by atoms with Gasteiger partial charge in [-0.05, 0) is 71.3 Å². The fraction of sp³-hybridized carbons (Fsp3) is 0.650. The molecule has 0 radical (unpaired) electrons. The fourth-order valence-electron chi connectivity index (χ4n) is 2.53. The lowest BCUT2D eigenvalue weighted by Gasteiger charge is -2.07. The minimum Gasteiger partial charge on any atom is -0.350 e. The molecule has 23 heavy (non-hydrogen) atoms. The SMILES string of the molecule is CC(C)=CCC/C(C)=C\CC/C(C=O)=C\CCCC1OCCO1. The van der Waals surface area contributed by atoms with Gasteiger partial charge in [-0.15, -0.1) is 0 Å². The molecular weight excluding hydrogens is 288 g/mol. The van der Waals surface area contributed by atoms with Crippen LogP contribution in [0.5, 0.6) is 0 Å². The monoisotopic (exact) mass is 320 g/mol. The van der Waals surface area contributed by atoms with Crippen molar-refractivity contribution in [2.45, 2.75) is 72.0 Å². The van der Waals surface area contributed by atoms with Crippen molar-refractivity contribution >= 4 is 6.29 Å². The number of hydrogen-bond acceptors (Lipinski definition) is 3. The minimum atomic E-state index is -0.0329. The third-order valence-corrected chi connectivity index (χ3v) is 3.91. The van der Waals surface area contributed by atoms with Gasteiger partial charge in [0, 0.05) is 0 Å². The van der Waals surface area contributed by atoms with E-state index < -0.39 is 0 Å². The Bertz CT molecular complexity index is 422. The number of rotatable bonds is 11. The van der Waals surface area contributed by atoms with Crippen molar-refractivity contribution < 1.29 is 14.3 Å². The first-order valence-electron chi connectivity index (χ1n) is 8.78. The molecule has 1 aliphatic heterocycles. The molecule has 3 heteroatoms. The van der Waals surface area contributed by atoms with E-state index in [4.69, 9.17) is 9.47 Å². The Hall–Kier alpha value is -1.19. The standard InChI is InChI=1S/C20H32O3/c1-17(2)8-6-9-18(3)10-7-12-19(16-21)11-4-5-13-20-22-14-15-23-20/h8,10-11,16,20H,4-7,9,12-15H2,1-3H3/b18-10-,19-11+. The molecule has 0 bridgehead atoms. The predicted octanol–water partition coefficient (Wildman–Crippen LogP) is 5.13. The number of carbonyl (C=O) groups is 1. The van der Waals surface area contributed by atoms with Gasteiger partial charge in [0.15, 0.2) is 6.29 Å². The molecule has 0 unspecified atom stereocenters. The van der Waals surface area contributed by atoms with Crippen molar-refractivity contribution in [2.24, 2.45) is 0 Å². The molecule has 0 aromatic carbocycles. The second-order valence-electron chi connectivity index (χ2n) is 6.41. The molecule has 1 aliphatic rings. The summed E-state index contributed by atoms with van der Waals surface area (Å²) in [5, 5.41) is 0. The number of aldehydes is 1. The predicted molar refractivity (Wildman–Crippen MR) is 95.3 cm³/mol. The maximum absolute atomic E-state index is 11.1. The van der Waals surface area contributed by atoms with Gasteiger partial charge in [0.2, 0.25) is 0 Å². The first-order chi connectivity index (χ1) is 11.1. The normalized spacial score (nSPS) is 16.7. The highest BCUT2D eigenvalue weighted by Crippen LogP contribution is 2.14. The van der Waals surface area contributed by atoms with Gasteiger partial charge < -0.3 is 9.47 Å². The van der Waals surface area contributed by atoms with E-state index in [1.165, 1.54) is 11.1 Å². The number of hydrogen-bond donors (Lipinski definition) is 0. The molecule has 0 aromatic rings. The van der Waals surface area contributed by atoms with Crippen LogP contribution in [0.1, 0.15) is 65.7 Å². The molecule has 3 nitrogen and oxygen atoms in total. The van der Waals surface area contributed by atoms with Crippen LogP contribution < -0.4 is 0 Å². The van der Waals surface area contributed by atoms with Gasteiger partial charge in [0.05, 0.1) is 13.2 Å². The summed E-state index contributed by atoms with van der Waals surface area (Å²) in [6.07, 6.45) is 14.4. The van der Waals surface area contributed by atoms with E-state index in [9.17, 15) is 4.79 Å². The molecule has 0 N–H and O–H groups in total. The Kier molecular flexibility index (Phi) is 10.6. The first-order valence-corrected chi connectivity index (χ1v) is 8.78. The average Bonchev–Trinajstić information content (AvgIpc) is 3.02. The molecule has 0 aromatic heterocycles. The van der Waals surface area contributed by atoms with Crippen LogP contribution in [0.3, 0.4) is 0 Å². The molecule has 0 aliphatic carbocycles. The third-order valence-electron chi connectivity index (χ3n) is 3.91. The van der Waals surface area contributed by atoms with Gasteiger partial charge in [-0.3, -0.25) is 4.79 Å². The average molecular weight is 320 g/mol. The van der Waals surface area contributed by atoms with Gasteiger partial charge >= 0.3 is 0 Å². The summed E-state index contributed by atoms with van der Waals surface area (Å²) in [5.41, 5.74) is 3.69. The molecule has 1 heterocycles. The molecular formula is C20H32O3. The van der Waals surface area contributed by atoms with Crippen molar-refractivity contribution in [2.75, 3.05) is 13.2 Å². The lowest BCUT2D eigenvalue weighted by Crippen LogP contribution is -2.06. The molecule has 1 saturated heterocycles. The van der Waals surface area contributed by atoms with Gasteiger partial charge in [0.25, 0.3) is 0 Å². The van der Waals surface area contributed by atoms with Gasteiger partial charge in [0.1, 0.15) is 6.29 Å². The highest BCUT2D eigenvalue weighted by atomic mass is 16.7. The van der Waals surface area contributed by atoms with E-state index in [1.807, 2.05) is 0 Å². The molecule has 0 saturated carbocycles. The van der Waals surface area contributed by atoms with Crippen molar-refractivity contribution in [1.29, 1.82) is 0 Å². The Balaban J connectivity index is 2.19. The van der Waals surface area contributed by atoms with E-state index in [-0.39, 0.29) is 6.29 Å². The van der Waals surface area contributed by atoms with Crippen molar-refractivity contribution in [3.63, 3.8) is 0 Å². The highest BCUT2D eigenvalue weighted by Gasteiger charge is 2.14. The van der Waals surface area contributed by atoms with Gasteiger partial charge in [-0.25, -0.2) is 0 Å². The molecule has 0 spiro atoms. The summed E-state index contributed by atoms with van der Waals surface area (Å²) >= 11 is 0. The summed E-state index contributed by atoms with van der Waals surface area (Å²) in [6, 6.07) is 0. The van der Waals surface area contributed by atoms with Crippen molar-refractivity contribution in [3.05, 3.63) is 34.9 Å².